The van der Waals surface area contributed by atoms with Crippen molar-refractivity contribution >= 4 is 11.9 Å². The summed E-state index contributed by atoms with van der Waals surface area (Å²) >= 11 is 0. The van der Waals surface area contributed by atoms with Crippen molar-refractivity contribution in [2.45, 2.75) is 27.7 Å². The van der Waals surface area contributed by atoms with Crippen molar-refractivity contribution in [3.8, 4) is 23.7 Å². The first-order valence-corrected chi connectivity index (χ1v) is 9.49. The van der Waals surface area contributed by atoms with Crippen LogP contribution in [0.2, 0.25) is 0 Å². The van der Waals surface area contributed by atoms with E-state index in [9.17, 15) is 9.59 Å². The van der Waals surface area contributed by atoms with Crippen LogP contribution in [0.25, 0.3) is 0 Å². The Balaban J connectivity index is 2.46. The number of rotatable bonds is 4. The molecular formula is C26H24O4. The number of carbonyl (C=O) groups is 2. The van der Waals surface area contributed by atoms with Gasteiger partial charge in [-0.3, -0.25) is 9.59 Å². The monoisotopic (exact) mass is 400 g/mol. The van der Waals surface area contributed by atoms with Gasteiger partial charge in [0, 0.05) is 25.0 Å². The summed E-state index contributed by atoms with van der Waals surface area (Å²) in [5.41, 5.74) is 4.89. The van der Waals surface area contributed by atoms with Gasteiger partial charge in [0.05, 0.1) is 11.1 Å². The summed E-state index contributed by atoms with van der Waals surface area (Å²) in [5, 5.41) is 0. The third kappa shape index (κ3) is 8.09. The van der Waals surface area contributed by atoms with E-state index in [2.05, 4.69) is 23.7 Å². The second-order valence-electron chi connectivity index (χ2n) is 6.75. The Bertz CT molecular complexity index is 963. The number of aryl methyl sites for hydroxylation is 2. The number of esters is 2. The summed E-state index contributed by atoms with van der Waals surface area (Å²) in [4.78, 5) is 22.7. The van der Waals surface area contributed by atoms with Crippen LogP contribution in [-0.2, 0) is 19.1 Å². The zero-order valence-electron chi connectivity index (χ0n) is 17.7. The largest absolute Gasteiger partial charge is 0.460 e. The first-order chi connectivity index (χ1) is 14.3. The average molecular weight is 400 g/mol. The van der Waals surface area contributed by atoms with Crippen LogP contribution in [-0.4, -0.2) is 25.2 Å². The van der Waals surface area contributed by atoms with E-state index in [1.807, 2.05) is 62.4 Å². The summed E-state index contributed by atoms with van der Waals surface area (Å²) in [6, 6.07) is 15.5. The molecule has 0 aliphatic rings. The molecule has 2 rings (SSSR count). The minimum atomic E-state index is -0.428. The van der Waals surface area contributed by atoms with Crippen LogP contribution in [0.1, 0.15) is 36.1 Å². The van der Waals surface area contributed by atoms with Gasteiger partial charge in [-0.15, -0.1) is 0 Å². The van der Waals surface area contributed by atoms with E-state index in [0.717, 1.165) is 22.3 Å². The van der Waals surface area contributed by atoms with Crippen LogP contribution in [0.4, 0.5) is 0 Å². The van der Waals surface area contributed by atoms with Crippen molar-refractivity contribution in [1.29, 1.82) is 0 Å². The minimum Gasteiger partial charge on any atom is -0.460 e. The Labute approximate surface area is 177 Å². The number of hydrogen-bond donors (Lipinski definition) is 0. The maximum atomic E-state index is 11.3. The van der Waals surface area contributed by atoms with Crippen molar-refractivity contribution < 1.29 is 19.1 Å². The molecule has 0 aliphatic heterocycles. The standard InChI is InChI=1S/C26H24O4/c1-19-5-9-23(10-6-19)13-15-25(17-29-21(3)27)26(18-30-22(4)28)16-14-24-11-7-20(2)8-12-24/h5-12H,17-18H2,1-4H3. The summed E-state index contributed by atoms with van der Waals surface area (Å²) in [6.07, 6.45) is 0. The predicted octanol–water partition coefficient (Wildman–Crippen LogP) is 4.13. The second kappa shape index (κ2) is 11.3. The Kier molecular flexibility index (Phi) is 8.48. The number of carbonyl (C=O) groups excluding carboxylic acids is 2. The van der Waals surface area contributed by atoms with Gasteiger partial charge in [-0.05, 0) is 38.1 Å². The molecule has 152 valence electrons. The second-order valence-corrected chi connectivity index (χ2v) is 6.75. The van der Waals surface area contributed by atoms with Gasteiger partial charge < -0.3 is 9.47 Å². The summed E-state index contributed by atoms with van der Waals surface area (Å²) < 4.78 is 10.3. The molecule has 0 bridgehead atoms. The maximum Gasteiger partial charge on any atom is 0.302 e. The molecule has 0 aromatic heterocycles. The van der Waals surface area contributed by atoms with Gasteiger partial charge in [0.2, 0.25) is 0 Å². The van der Waals surface area contributed by atoms with Crippen molar-refractivity contribution in [3.63, 3.8) is 0 Å². The molecule has 0 saturated carbocycles. The lowest BCUT2D eigenvalue weighted by atomic mass is 10.1. The Morgan fingerprint density at radius 2 is 1.00 bits per heavy atom. The van der Waals surface area contributed by atoms with Crippen LogP contribution < -0.4 is 0 Å². The Morgan fingerprint density at radius 3 is 1.30 bits per heavy atom. The molecule has 0 N–H and O–H groups in total. The van der Waals surface area contributed by atoms with E-state index >= 15 is 0 Å². The van der Waals surface area contributed by atoms with E-state index in [1.165, 1.54) is 13.8 Å². The first-order valence-electron chi connectivity index (χ1n) is 9.49. The maximum absolute atomic E-state index is 11.3. The van der Waals surface area contributed by atoms with E-state index in [4.69, 9.17) is 9.47 Å². The lowest BCUT2D eigenvalue weighted by molar-refractivity contribution is -0.141. The van der Waals surface area contributed by atoms with E-state index in [-0.39, 0.29) is 13.2 Å². The first kappa shape index (κ1) is 22.5. The summed E-state index contributed by atoms with van der Waals surface area (Å²) in [7, 11) is 0. The fourth-order valence-electron chi connectivity index (χ4n) is 2.31. The fraction of sp³-hybridized carbons (Fsp3) is 0.231. The summed E-state index contributed by atoms with van der Waals surface area (Å²) in [6.45, 7) is 6.56. The molecule has 0 aliphatic carbocycles. The smallest absolute Gasteiger partial charge is 0.302 e. The van der Waals surface area contributed by atoms with Crippen molar-refractivity contribution in [3.05, 3.63) is 81.9 Å². The number of ether oxygens (including phenoxy) is 2. The number of benzene rings is 2. The van der Waals surface area contributed by atoms with Gasteiger partial charge >= 0.3 is 11.9 Å². The highest BCUT2D eigenvalue weighted by molar-refractivity contribution is 5.67. The molecule has 0 radical (unpaired) electrons. The molecule has 0 heterocycles. The van der Waals surface area contributed by atoms with Crippen LogP contribution in [0.15, 0.2) is 59.7 Å². The van der Waals surface area contributed by atoms with Gasteiger partial charge in [0.1, 0.15) is 13.2 Å². The van der Waals surface area contributed by atoms with Crippen LogP contribution in [0.3, 0.4) is 0 Å². The van der Waals surface area contributed by atoms with E-state index in [1.54, 1.807) is 0 Å². The molecule has 30 heavy (non-hydrogen) atoms. The topological polar surface area (TPSA) is 52.6 Å². The Morgan fingerprint density at radius 1 is 0.667 bits per heavy atom. The molecule has 4 nitrogen and oxygen atoms in total. The van der Waals surface area contributed by atoms with Crippen molar-refractivity contribution in [1.82, 2.24) is 0 Å². The van der Waals surface area contributed by atoms with Gasteiger partial charge in [-0.1, -0.05) is 59.1 Å². The lowest BCUT2D eigenvalue weighted by Gasteiger charge is -2.07. The predicted molar refractivity (Wildman–Crippen MR) is 116 cm³/mol. The third-order valence-corrected chi connectivity index (χ3v) is 4.02. The quantitative estimate of drug-likeness (QED) is 0.572. The molecule has 2 aromatic rings. The van der Waals surface area contributed by atoms with Gasteiger partial charge in [0.15, 0.2) is 0 Å². The molecule has 2 aromatic carbocycles. The van der Waals surface area contributed by atoms with E-state index < -0.39 is 11.9 Å². The highest BCUT2D eigenvalue weighted by atomic mass is 16.5. The molecule has 0 spiro atoms. The van der Waals surface area contributed by atoms with Crippen LogP contribution in [0, 0.1) is 37.5 Å². The van der Waals surface area contributed by atoms with Gasteiger partial charge in [-0.25, -0.2) is 0 Å². The van der Waals surface area contributed by atoms with Crippen LogP contribution in [0.5, 0.6) is 0 Å². The molecule has 0 unspecified atom stereocenters. The normalized spacial score (nSPS) is 10.5. The number of hydrogen-bond acceptors (Lipinski definition) is 4. The van der Waals surface area contributed by atoms with Crippen molar-refractivity contribution in [2.24, 2.45) is 0 Å². The molecule has 0 amide bonds. The Hall–Kier alpha value is -3.76. The summed E-state index contributed by atoms with van der Waals surface area (Å²) in [5.74, 6) is 11.3. The zero-order chi connectivity index (χ0) is 21.9. The average Bonchev–Trinajstić information content (AvgIpc) is 2.71. The molecule has 0 saturated heterocycles. The molecule has 0 fully saturated rings. The minimum absolute atomic E-state index is 0.0482. The van der Waals surface area contributed by atoms with Crippen LogP contribution >= 0.6 is 0 Å². The molecule has 4 heteroatoms. The van der Waals surface area contributed by atoms with Crippen molar-refractivity contribution in [2.75, 3.05) is 13.2 Å². The third-order valence-electron chi connectivity index (χ3n) is 4.02. The van der Waals surface area contributed by atoms with E-state index in [0.29, 0.717) is 11.1 Å². The highest BCUT2D eigenvalue weighted by Crippen LogP contribution is 2.09. The van der Waals surface area contributed by atoms with Gasteiger partial charge in [0.25, 0.3) is 0 Å². The zero-order valence-corrected chi connectivity index (χ0v) is 17.7. The molecule has 0 atom stereocenters. The SMILES string of the molecule is CC(=O)OCC(C#Cc1ccc(C)cc1)=C(C#Cc1ccc(C)cc1)COC(C)=O. The van der Waals surface area contributed by atoms with Gasteiger partial charge in [-0.2, -0.15) is 0 Å². The lowest BCUT2D eigenvalue weighted by Crippen LogP contribution is -2.09. The molecular weight excluding hydrogens is 376 g/mol. The fourth-order valence-corrected chi connectivity index (χ4v) is 2.31. The highest BCUT2D eigenvalue weighted by Gasteiger charge is 2.08.